The van der Waals surface area contributed by atoms with E-state index in [1.807, 2.05) is 49.4 Å². The Morgan fingerprint density at radius 2 is 1.90 bits per heavy atom. The molecule has 1 aliphatic rings. The molecule has 0 spiro atoms. The maximum atomic E-state index is 12.5. The van der Waals surface area contributed by atoms with E-state index in [2.05, 4.69) is 19.8 Å². The number of likely N-dealkylation sites (tertiary alicyclic amines) is 1. The smallest absolute Gasteiger partial charge is 0.240 e. The molecule has 1 aromatic heterocycles. The van der Waals surface area contributed by atoms with Gasteiger partial charge in [0, 0.05) is 31.6 Å². The molecule has 1 N–H and O–H groups in total. The van der Waals surface area contributed by atoms with Gasteiger partial charge in [0.1, 0.15) is 0 Å². The number of rotatable bonds is 8. The van der Waals surface area contributed by atoms with Crippen LogP contribution in [0.5, 0.6) is 0 Å². The Kier molecular flexibility index (Phi) is 6.80. The summed E-state index contributed by atoms with van der Waals surface area (Å²) in [4.78, 5) is 7.16. The second-order valence-electron chi connectivity index (χ2n) is 8.10. The van der Waals surface area contributed by atoms with Crippen LogP contribution in [0.25, 0.3) is 11.4 Å². The highest BCUT2D eigenvalue weighted by molar-refractivity contribution is 7.89. The number of aryl methyl sites for hydroxylation is 1. The molecular formula is C23H28N4O3S. The van der Waals surface area contributed by atoms with E-state index in [0.29, 0.717) is 29.6 Å². The van der Waals surface area contributed by atoms with Gasteiger partial charge in [-0.25, -0.2) is 13.1 Å². The first-order chi connectivity index (χ1) is 15.0. The lowest BCUT2D eigenvalue weighted by atomic mass is 9.98. The van der Waals surface area contributed by atoms with E-state index in [-0.39, 0.29) is 5.92 Å². The number of nitrogens with zero attached hydrogens (tertiary/aromatic N) is 3. The van der Waals surface area contributed by atoms with Crippen LogP contribution in [0.2, 0.25) is 0 Å². The number of piperidine rings is 1. The summed E-state index contributed by atoms with van der Waals surface area (Å²) < 4.78 is 33.3. The van der Waals surface area contributed by atoms with Gasteiger partial charge < -0.3 is 9.42 Å². The Hall–Kier alpha value is -2.55. The molecule has 1 fully saturated rings. The zero-order chi connectivity index (χ0) is 21.7. The highest BCUT2D eigenvalue weighted by Crippen LogP contribution is 2.19. The van der Waals surface area contributed by atoms with Crippen LogP contribution in [0.3, 0.4) is 0 Å². The lowest BCUT2D eigenvalue weighted by Crippen LogP contribution is -2.41. The van der Waals surface area contributed by atoms with E-state index in [1.165, 1.54) is 0 Å². The molecule has 1 unspecified atom stereocenters. The fourth-order valence-electron chi connectivity index (χ4n) is 3.86. The Morgan fingerprint density at radius 1 is 1.13 bits per heavy atom. The van der Waals surface area contributed by atoms with Gasteiger partial charge in [-0.05, 0) is 44.4 Å². The zero-order valence-electron chi connectivity index (χ0n) is 17.7. The van der Waals surface area contributed by atoms with E-state index in [1.54, 1.807) is 12.1 Å². The molecule has 8 heteroatoms. The van der Waals surface area contributed by atoms with Crippen LogP contribution in [0.1, 0.15) is 24.3 Å². The Balaban J connectivity index is 1.27. The monoisotopic (exact) mass is 440 g/mol. The number of nitrogens with one attached hydrogen (secondary N) is 1. The van der Waals surface area contributed by atoms with E-state index in [0.717, 1.165) is 43.6 Å². The summed E-state index contributed by atoms with van der Waals surface area (Å²) in [5, 5.41) is 4.07. The summed E-state index contributed by atoms with van der Waals surface area (Å²) in [6.07, 6.45) is 2.75. The van der Waals surface area contributed by atoms with Crippen LogP contribution in [0.15, 0.2) is 64.0 Å². The zero-order valence-corrected chi connectivity index (χ0v) is 18.5. The molecule has 4 rings (SSSR count). The molecule has 0 amide bonds. The average Bonchev–Trinajstić information content (AvgIpc) is 3.27. The van der Waals surface area contributed by atoms with Gasteiger partial charge in [0.2, 0.25) is 21.7 Å². The van der Waals surface area contributed by atoms with Crippen molar-refractivity contribution in [3.05, 3.63) is 66.1 Å². The van der Waals surface area contributed by atoms with Crippen molar-refractivity contribution in [1.82, 2.24) is 19.8 Å². The molecule has 1 aliphatic heterocycles. The third kappa shape index (κ3) is 5.78. The van der Waals surface area contributed by atoms with Gasteiger partial charge in [-0.3, -0.25) is 0 Å². The van der Waals surface area contributed by atoms with Crippen LogP contribution in [-0.4, -0.2) is 49.6 Å². The first kappa shape index (κ1) is 21.7. The molecule has 0 bridgehead atoms. The maximum Gasteiger partial charge on any atom is 0.240 e. The van der Waals surface area contributed by atoms with E-state index >= 15 is 0 Å². The summed E-state index contributed by atoms with van der Waals surface area (Å²) in [6, 6.07) is 16.7. The lowest BCUT2D eigenvalue weighted by Gasteiger charge is -2.32. The number of hydrogen-bond acceptors (Lipinski definition) is 6. The molecule has 2 aromatic carbocycles. The van der Waals surface area contributed by atoms with Gasteiger partial charge in [0.25, 0.3) is 0 Å². The van der Waals surface area contributed by atoms with Gasteiger partial charge in [0.05, 0.1) is 4.90 Å². The second-order valence-corrected chi connectivity index (χ2v) is 9.87. The first-order valence-electron chi connectivity index (χ1n) is 10.7. The standard InChI is InChI=1S/C23H28N4O3S/c1-18-9-11-21(12-10-18)31(28,29)24-16-19-6-5-14-27(17-19)15-13-22-25-23(26-30-22)20-7-3-2-4-8-20/h2-4,7-12,19,24H,5-6,13-17H2,1H3. The topological polar surface area (TPSA) is 88.3 Å². The molecular weight excluding hydrogens is 412 g/mol. The highest BCUT2D eigenvalue weighted by Gasteiger charge is 2.23. The van der Waals surface area contributed by atoms with Crippen molar-refractivity contribution in [2.45, 2.75) is 31.1 Å². The van der Waals surface area contributed by atoms with Crippen LogP contribution in [-0.2, 0) is 16.4 Å². The van der Waals surface area contributed by atoms with Crippen LogP contribution >= 0.6 is 0 Å². The summed E-state index contributed by atoms with van der Waals surface area (Å²) in [7, 11) is -3.47. The molecule has 164 valence electrons. The van der Waals surface area contributed by atoms with E-state index in [9.17, 15) is 8.42 Å². The molecule has 1 saturated heterocycles. The molecule has 1 atom stereocenters. The minimum Gasteiger partial charge on any atom is -0.339 e. The maximum absolute atomic E-state index is 12.5. The number of benzene rings is 2. The lowest BCUT2D eigenvalue weighted by molar-refractivity contribution is 0.173. The normalized spacial score (nSPS) is 17.6. The molecule has 0 aliphatic carbocycles. The van der Waals surface area contributed by atoms with Gasteiger partial charge in [-0.15, -0.1) is 0 Å². The van der Waals surface area contributed by atoms with Crippen molar-refractivity contribution in [3.63, 3.8) is 0 Å². The summed E-state index contributed by atoms with van der Waals surface area (Å²) in [6.45, 7) is 5.07. The van der Waals surface area contributed by atoms with Gasteiger partial charge in [0.15, 0.2) is 0 Å². The summed E-state index contributed by atoms with van der Waals surface area (Å²) in [5.74, 6) is 1.52. The van der Waals surface area contributed by atoms with Crippen molar-refractivity contribution in [2.24, 2.45) is 5.92 Å². The van der Waals surface area contributed by atoms with Crippen LogP contribution < -0.4 is 4.72 Å². The predicted molar refractivity (Wildman–Crippen MR) is 119 cm³/mol. The Morgan fingerprint density at radius 3 is 2.68 bits per heavy atom. The molecule has 31 heavy (non-hydrogen) atoms. The highest BCUT2D eigenvalue weighted by atomic mass is 32.2. The fourth-order valence-corrected chi connectivity index (χ4v) is 4.98. The third-order valence-corrected chi connectivity index (χ3v) is 7.08. The molecule has 7 nitrogen and oxygen atoms in total. The Labute approximate surface area is 183 Å². The van der Waals surface area contributed by atoms with E-state index < -0.39 is 10.0 Å². The number of aromatic nitrogens is 2. The van der Waals surface area contributed by atoms with Crippen LogP contribution in [0, 0.1) is 12.8 Å². The van der Waals surface area contributed by atoms with Crippen LogP contribution in [0.4, 0.5) is 0 Å². The predicted octanol–water partition coefficient (Wildman–Crippen LogP) is 3.28. The van der Waals surface area contributed by atoms with Crippen molar-refractivity contribution < 1.29 is 12.9 Å². The summed E-state index contributed by atoms with van der Waals surface area (Å²) in [5.41, 5.74) is 1.98. The molecule has 3 aromatic rings. The van der Waals surface area contributed by atoms with E-state index in [4.69, 9.17) is 4.52 Å². The summed E-state index contributed by atoms with van der Waals surface area (Å²) >= 11 is 0. The molecule has 0 saturated carbocycles. The fraction of sp³-hybridized carbons (Fsp3) is 0.391. The number of sulfonamides is 1. The van der Waals surface area contributed by atoms with Crippen molar-refractivity contribution in [1.29, 1.82) is 0 Å². The van der Waals surface area contributed by atoms with Crippen molar-refractivity contribution >= 4 is 10.0 Å². The SMILES string of the molecule is Cc1ccc(S(=O)(=O)NCC2CCCN(CCc3nc(-c4ccccc4)no3)C2)cc1. The minimum atomic E-state index is -3.47. The quantitative estimate of drug-likeness (QED) is 0.578. The van der Waals surface area contributed by atoms with Crippen molar-refractivity contribution in [2.75, 3.05) is 26.2 Å². The van der Waals surface area contributed by atoms with Crippen molar-refractivity contribution in [3.8, 4) is 11.4 Å². The molecule has 0 radical (unpaired) electrons. The van der Waals surface area contributed by atoms with Gasteiger partial charge in [-0.2, -0.15) is 4.98 Å². The minimum absolute atomic E-state index is 0.288. The third-order valence-electron chi connectivity index (χ3n) is 5.64. The average molecular weight is 441 g/mol. The first-order valence-corrected chi connectivity index (χ1v) is 12.1. The largest absolute Gasteiger partial charge is 0.339 e. The second kappa shape index (κ2) is 9.72. The number of hydrogen-bond donors (Lipinski definition) is 1. The van der Waals surface area contributed by atoms with Gasteiger partial charge >= 0.3 is 0 Å². The Bertz CT molecular complexity index is 1080. The van der Waals surface area contributed by atoms with Gasteiger partial charge in [-0.1, -0.05) is 53.2 Å². The molecule has 2 heterocycles.